The summed E-state index contributed by atoms with van der Waals surface area (Å²) in [6, 6.07) is 3.10. The van der Waals surface area contributed by atoms with Gasteiger partial charge in [-0.25, -0.2) is 17.8 Å². The van der Waals surface area contributed by atoms with E-state index in [4.69, 9.17) is 9.47 Å². The number of pyridine rings is 1. The lowest BCUT2D eigenvalue weighted by Gasteiger charge is -2.36. The highest BCUT2D eigenvalue weighted by atomic mass is 32.2. The first-order valence-corrected chi connectivity index (χ1v) is 21.2. The number of carbonyl (C=O) groups is 4. The second-order valence-electron chi connectivity index (χ2n) is 17.6. The van der Waals surface area contributed by atoms with Gasteiger partial charge in [-0.2, -0.15) is 13.2 Å². The normalized spacial score (nSPS) is 29.6. The summed E-state index contributed by atoms with van der Waals surface area (Å²) in [4.78, 5) is 62.5. The number of amides is 2. The second kappa shape index (κ2) is 14.3. The molecule has 1 aromatic carbocycles. The number of Topliss-reactive ketones (excluding diaryl/α,β-unsaturated/α-hetero) is 1. The molecular formula is C41H49F4N3O8S. The lowest BCUT2D eigenvalue weighted by atomic mass is 9.85. The number of aryl methyl sites for hydroxylation is 2. The fraction of sp³-hybridized carbons (Fsp3) is 0.634. The van der Waals surface area contributed by atoms with Crippen molar-refractivity contribution in [2.45, 2.75) is 139 Å². The fourth-order valence-corrected chi connectivity index (χ4v) is 10.1. The highest BCUT2D eigenvalue weighted by Crippen LogP contribution is 2.58. The van der Waals surface area contributed by atoms with Gasteiger partial charge in [0.25, 0.3) is 0 Å². The Balaban J connectivity index is 1.23. The van der Waals surface area contributed by atoms with Gasteiger partial charge in [0.2, 0.25) is 27.4 Å². The zero-order chi connectivity index (χ0) is 41.3. The van der Waals surface area contributed by atoms with Gasteiger partial charge in [0.15, 0.2) is 5.78 Å². The number of benzene rings is 1. The molecule has 11 nitrogen and oxygen atoms in total. The van der Waals surface area contributed by atoms with Crippen LogP contribution in [0.15, 0.2) is 30.4 Å². The average Bonchev–Trinajstić information content (AvgIpc) is 4.01. The van der Waals surface area contributed by atoms with Crippen molar-refractivity contribution in [3.05, 3.63) is 47.4 Å². The van der Waals surface area contributed by atoms with Gasteiger partial charge in [0, 0.05) is 29.7 Å². The number of halogens is 4. The van der Waals surface area contributed by atoms with E-state index in [0.29, 0.717) is 73.7 Å². The van der Waals surface area contributed by atoms with Crippen LogP contribution in [0.3, 0.4) is 0 Å². The molecule has 16 heteroatoms. The Morgan fingerprint density at radius 2 is 1.82 bits per heavy atom. The number of fused-ring (bicyclic) bond motifs is 5. The molecule has 7 rings (SSSR count). The molecule has 57 heavy (non-hydrogen) atoms. The first-order valence-electron chi connectivity index (χ1n) is 19.7. The predicted molar refractivity (Wildman–Crippen MR) is 200 cm³/mol. The number of ether oxygens (including phenoxy) is 2. The van der Waals surface area contributed by atoms with Crippen LogP contribution in [-0.4, -0.2) is 76.6 Å². The number of carbonyl (C=O) groups excluding carboxylic acids is 4. The number of ketones is 1. The number of allylic oxidation sites excluding steroid dienone is 2. The Labute approximate surface area is 329 Å². The fourth-order valence-electron chi connectivity index (χ4n) is 8.72. The van der Waals surface area contributed by atoms with Crippen LogP contribution in [0.25, 0.3) is 10.9 Å². The topological polar surface area (TPSA) is 149 Å². The molecule has 1 N–H and O–H groups in total. The van der Waals surface area contributed by atoms with Crippen molar-refractivity contribution >= 4 is 44.5 Å². The lowest BCUT2D eigenvalue weighted by Crippen LogP contribution is -2.48. The standard InChI is InChI=1S/C41H49F4N3O8S/c1-24-34-28(29-19-27(42)12-13-30(29)46-24)14-15-39(56-34)21-31-32(49)22-40(36(52)47-57(53,54)38(4)16-17-38)20-26(40)11-9-7-5-6-8-10-25(35(51)48(31)23-39)18-33(50)55-37(2,3)41(43,44)45/h9,11-13,19,25-26,31H,5-8,10,14-18,20-23H2,1-4H3,(H,47,52)/b11-9-/t25-,26-,31+,39-,40-/m1/s1. The molecule has 5 atom stereocenters. The Kier molecular flexibility index (Phi) is 10.3. The number of hydrogen-bond donors (Lipinski definition) is 1. The van der Waals surface area contributed by atoms with Crippen molar-refractivity contribution in [1.82, 2.24) is 14.6 Å². The molecule has 2 aromatic rings. The molecule has 0 radical (unpaired) electrons. The zero-order valence-corrected chi connectivity index (χ0v) is 33.4. The lowest BCUT2D eigenvalue weighted by molar-refractivity contribution is -0.257. The number of hydrogen-bond acceptors (Lipinski definition) is 9. The van der Waals surface area contributed by atoms with E-state index >= 15 is 0 Å². The molecular weight excluding hydrogens is 771 g/mol. The number of esters is 1. The summed E-state index contributed by atoms with van der Waals surface area (Å²) >= 11 is 0. The van der Waals surface area contributed by atoms with Crippen molar-refractivity contribution in [1.29, 1.82) is 0 Å². The third-order valence-electron chi connectivity index (χ3n) is 12.9. The number of nitrogens with zero attached hydrogens (tertiary/aromatic N) is 2. The van der Waals surface area contributed by atoms with Gasteiger partial charge in [-0.15, -0.1) is 0 Å². The van der Waals surface area contributed by atoms with Crippen molar-refractivity contribution in [2.75, 3.05) is 6.54 Å². The molecule has 1 saturated heterocycles. The van der Waals surface area contributed by atoms with Crippen LogP contribution in [-0.2, 0) is 40.4 Å². The van der Waals surface area contributed by atoms with Gasteiger partial charge in [0.1, 0.15) is 17.2 Å². The van der Waals surface area contributed by atoms with E-state index in [0.717, 1.165) is 19.4 Å². The average molecular weight is 820 g/mol. The summed E-state index contributed by atoms with van der Waals surface area (Å²) in [6.07, 6.45) is 2.07. The Morgan fingerprint density at radius 1 is 1.09 bits per heavy atom. The quantitative estimate of drug-likeness (QED) is 0.191. The smallest absolute Gasteiger partial charge is 0.427 e. The van der Waals surface area contributed by atoms with Gasteiger partial charge >= 0.3 is 12.1 Å². The number of sulfonamides is 1. The minimum Gasteiger partial charge on any atom is -0.483 e. The van der Waals surface area contributed by atoms with Crippen LogP contribution in [0.2, 0.25) is 0 Å². The minimum atomic E-state index is -4.86. The van der Waals surface area contributed by atoms with Gasteiger partial charge in [-0.05, 0) is 103 Å². The van der Waals surface area contributed by atoms with Crippen LogP contribution in [0.4, 0.5) is 17.6 Å². The SMILES string of the molecule is Cc1nc2ccc(F)cc2c2c1O[C@]1(CC2)C[C@H]2C(=O)C[C@]3(C(=O)NS(=O)(=O)C4(C)CC4)C[C@H]3/C=C\CCCCC[C@H](CC(=O)OC(C)(C)C(F)(F)F)C(=O)N2C1. The number of aromatic nitrogens is 1. The van der Waals surface area contributed by atoms with Crippen LogP contribution in [0.1, 0.15) is 109 Å². The first kappa shape index (κ1) is 41.1. The maximum Gasteiger partial charge on any atom is 0.427 e. The van der Waals surface area contributed by atoms with Crippen LogP contribution >= 0.6 is 0 Å². The first-order chi connectivity index (χ1) is 26.6. The molecule has 0 bridgehead atoms. The third kappa shape index (κ3) is 7.78. The molecule has 2 amide bonds. The van der Waals surface area contributed by atoms with E-state index in [1.807, 2.05) is 12.2 Å². The van der Waals surface area contributed by atoms with E-state index in [-0.39, 0.29) is 32.2 Å². The molecule has 3 fully saturated rings. The molecule has 5 aliphatic rings. The van der Waals surface area contributed by atoms with E-state index < -0.39 is 91.2 Å². The summed E-state index contributed by atoms with van der Waals surface area (Å²) in [5, 5.41) is 0.571. The van der Waals surface area contributed by atoms with Gasteiger partial charge in [-0.1, -0.05) is 25.0 Å². The summed E-state index contributed by atoms with van der Waals surface area (Å²) in [7, 11) is -4.03. The van der Waals surface area contributed by atoms with Crippen LogP contribution in [0.5, 0.6) is 5.75 Å². The van der Waals surface area contributed by atoms with Crippen molar-refractivity contribution < 1.29 is 54.6 Å². The number of alkyl halides is 3. The third-order valence-corrected chi connectivity index (χ3v) is 15.0. The van der Waals surface area contributed by atoms with E-state index in [1.165, 1.54) is 17.0 Å². The molecule has 1 aromatic heterocycles. The van der Waals surface area contributed by atoms with E-state index in [9.17, 15) is 45.2 Å². The molecule has 2 aliphatic carbocycles. The molecule has 4 heterocycles. The summed E-state index contributed by atoms with van der Waals surface area (Å²) in [5.41, 5.74) is -3.51. The van der Waals surface area contributed by atoms with E-state index in [2.05, 4.69) is 9.71 Å². The molecule has 2 saturated carbocycles. The molecule has 0 unspecified atom stereocenters. The van der Waals surface area contributed by atoms with Crippen LogP contribution in [0, 0.1) is 30.0 Å². The minimum absolute atomic E-state index is 0.00944. The Morgan fingerprint density at radius 3 is 2.53 bits per heavy atom. The predicted octanol–water partition coefficient (Wildman–Crippen LogP) is 6.72. The number of rotatable bonds is 6. The highest BCUT2D eigenvalue weighted by molar-refractivity contribution is 7.91. The van der Waals surface area contributed by atoms with Gasteiger partial charge in [-0.3, -0.25) is 23.9 Å². The summed E-state index contributed by atoms with van der Waals surface area (Å²) < 4.78 is 94.7. The van der Waals surface area contributed by atoms with Crippen LogP contribution < -0.4 is 9.46 Å². The van der Waals surface area contributed by atoms with Crippen molar-refractivity contribution in [3.8, 4) is 5.75 Å². The maximum atomic E-state index is 14.7. The number of nitrogens with one attached hydrogen (secondary N) is 1. The molecule has 310 valence electrons. The second-order valence-corrected chi connectivity index (χ2v) is 19.8. The van der Waals surface area contributed by atoms with E-state index in [1.54, 1.807) is 19.9 Å². The van der Waals surface area contributed by atoms with Gasteiger partial charge < -0.3 is 14.4 Å². The molecule has 3 aliphatic heterocycles. The molecule has 1 spiro atoms. The van der Waals surface area contributed by atoms with Crippen molar-refractivity contribution in [2.24, 2.45) is 17.3 Å². The summed E-state index contributed by atoms with van der Waals surface area (Å²) in [5.74, 6) is -4.71. The summed E-state index contributed by atoms with van der Waals surface area (Å²) in [6.45, 7) is 4.65. The van der Waals surface area contributed by atoms with Gasteiger partial charge in [0.05, 0.1) is 40.4 Å². The van der Waals surface area contributed by atoms with Crippen molar-refractivity contribution in [3.63, 3.8) is 0 Å². The largest absolute Gasteiger partial charge is 0.483 e. The Hall–Kier alpha value is -4.08. The monoisotopic (exact) mass is 819 g/mol. The zero-order valence-electron chi connectivity index (χ0n) is 32.6. The maximum absolute atomic E-state index is 14.7. The highest BCUT2D eigenvalue weighted by Gasteiger charge is 2.63. The Bertz CT molecular complexity index is 2150.